The molecule has 2 heteroatoms. The van der Waals surface area contributed by atoms with Gasteiger partial charge in [0.15, 0.2) is 0 Å². The van der Waals surface area contributed by atoms with E-state index in [4.69, 9.17) is 5.73 Å². The summed E-state index contributed by atoms with van der Waals surface area (Å²) in [6.45, 7) is 8.03. The Morgan fingerprint density at radius 2 is 2.33 bits per heavy atom. The third-order valence-corrected chi connectivity index (χ3v) is 4.24. The monoisotopic (exact) mass is 240 g/mol. The Bertz CT molecular complexity index is 83.0. The van der Waals surface area contributed by atoms with E-state index in [9.17, 15) is 0 Å². The first-order valence-corrected chi connectivity index (χ1v) is 5.95. The summed E-state index contributed by atoms with van der Waals surface area (Å²) >= 11 is 0.225. The van der Waals surface area contributed by atoms with Gasteiger partial charge in [-0.15, -0.1) is 0 Å². The van der Waals surface area contributed by atoms with Crippen LogP contribution < -0.4 is 26.9 Å². The number of hydrogen-bond donors (Lipinski definition) is 1. The molecule has 0 aliphatic carbocycles. The summed E-state index contributed by atoms with van der Waals surface area (Å²) in [6.07, 6.45) is 1.94. The second kappa shape index (κ2) is 5.23. The molecule has 0 aromatic carbocycles. The van der Waals surface area contributed by atoms with Crippen LogP contribution in [0.2, 0.25) is 0 Å². The van der Waals surface area contributed by atoms with Gasteiger partial charge in [-0.25, -0.2) is 0 Å². The van der Waals surface area contributed by atoms with E-state index >= 15 is 0 Å². The van der Waals surface area contributed by atoms with Gasteiger partial charge in [0.25, 0.3) is 0 Å². The number of nitrogens with two attached hydrogens (primary N) is 1. The molecule has 0 heterocycles. The van der Waals surface area contributed by atoms with Crippen LogP contribution in [0.25, 0.3) is 0 Å². The Morgan fingerprint density at radius 1 is 1.78 bits per heavy atom. The van der Waals surface area contributed by atoms with Crippen LogP contribution in [-0.4, -0.2) is 8.48 Å². The Kier molecular flexibility index (Phi) is 5.48. The van der Waals surface area contributed by atoms with Crippen molar-refractivity contribution < 1.29 is 21.2 Å². The number of halogens is 1. The van der Waals surface area contributed by atoms with Gasteiger partial charge in [0.05, 0.1) is 0 Å². The molecule has 0 spiro atoms. The second-order valence-corrected chi connectivity index (χ2v) is 5.81. The predicted molar refractivity (Wildman–Crippen MR) is 37.9 cm³/mol. The zero-order chi connectivity index (χ0) is 7.28. The van der Waals surface area contributed by atoms with Crippen molar-refractivity contribution in [3.63, 3.8) is 0 Å². The van der Waals surface area contributed by atoms with E-state index in [1.54, 1.807) is 0 Å². The quantitative estimate of drug-likeness (QED) is 0.267. The van der Waals surface area contributed by atoms with Crippen LogP contribution in [0.3, 0.4) is 0 Å². The van der Waals surface area contributed by atoms with Gasteiger partial charge in [-0.05, 0) is 0 Å². The molecule has 0 rings (SSSR count). The molecule has 0 radical (unpaired) electrons. The molecule has 0 amide bonds. The molecule has 0 aromatic rings. The first kappa shape index (κ1) is 9.43. The fraction of sp³-hybridized carbons (Fsp3) is 0.714. The van der Waals surface area contributed by atoms with Crippen molar-refractivity contribution in [2.45, 2.75) is 17.9 Å². The van der Waals surface area contributed by atoms with E-state index in [1.807, 2.05) is 6.08 Å². The van der Waals surface area contributed by atoms with Gasteiger partial charge >= 0.3 is 67.8 Å². The van der Waals surface area contributed by atoms with Crippen LogP contribution in [0.15, 0.2) is 12.7 Å². The SMILES string of the molecule is C=CC(C)C(N)[I-]CC. The first-order chi connectivity index (χ1) is 4.22. The Hall–Kier alpha value is 0.430. The molecule has 0 aromatic heterocycles. The molecule has 2 atom stereocenters. The van der Waals surface area contributed by atoms with Crippen molar-refractivity contribution in [1.82, 2.24) is 0 Å². The van der Waals surface area contributed by atoms with Crippen molar-refractivity contribution in [2.75, 3.05) is 4.43 Å². The van der Waals surface area contributed by atoms with Gasteiger partial charge < -0.3 is 0 Å². The summed E-state index contributed by atoms with van der Waals surface area (Å²) in [5.74, 6) is 0.512. The third-order valence-electron chi connectivity index (χ3n) is 1.21. The van der Waals surface area contributed by atoms with Gasteiger partial charge in [-0.1, -0.05) is 0 Å². The van der Waals surface area contributed by atoms with Gasteiger partial charge in [0.2, 0.25) is 0 Å². The summed E-state index contributed by atoms with van der Waals surface area (Å²) in [5.41, 5.74) is 5.82. The number of rotatable bonds is 4. The maximum absolute atomic E-state index is 5.82. The zero-order valence-electron chi connectivity index (χ0n) is 6.10. The van der Waals surface area contributed by atoms with E-state index in [0.717, 1.165) is 0 Å². The van der Waals surface area contributed by atoms with Crippen LogP contribution in [-0.2, 0) is 0 Å². The topological polar surface area (TPSA) is 26.0 Å². The fourth-order valence-electron chi connectivity index (χ4n) is 0.449. The molecule has 2 unspecified atom stereocenters. The molecular formula is C7H15IN-. The fourth-order valence-corrected chi connectivity index (χ4v) is 2.56. The van der Waals surface area contributed by atoms with Gasteiger partial charge in [-0.3, -0.25) is 0 Å². The van der Waals surface area contributed by atoms with Gasteiger partial charge in [0, 0.05) is 0 Å². The molecule has 0 saturated carbocycles. The molecular weight excluding hydrogens is 225 g/mol. The van der Waals surface area contributed by atoms with Crippen LogP contribution in [0.4, 0.5) is 0 Å². The summed E-state index contributed by atoms with van der Waals surface area (Å²) in [4.78, 5) is 0. The summed E-state index contributed by atoms with van der Waals surface area (Å²) in [6, 6.07) is 0. The average molecular weight is 240 g/mol. The van der Waals surface area contributed by atoms with Crippen LogP contribution in [0.1, 0.15) is 13.8 Å². The van der Waals surface area contributed by atoms with E-state index in [2.05, 4.69) is 20.4 Å². The number of hydrogen-bond acceptors (Lipinski definition) is 1. The van der Waals surface area contributed by atoms with E-state index in [0.29, 0.717) is 9.97 Å². The van der Waals surface area contributed by atoms with Gasteiger partial charge in [0.1, 0.15) is 0 Å². The molecule has 2 N–H and O–H groups in total. The minimum absolute atomic E-state index is 0.225. The van der Waals surface area contributed by atoms with Crippen molar-refractivity contribution in [3.8, 4) is 0 Å². The van der Waals surface area contributed by atoms with Crippen molar-refractivity contribution in [3.05, 3.63) is 12.7 Å². The van der Waals surface area contributed by atoms with E-state index in [1.165, 1.54) is 4.43 Å². The normalized spacial score (nSPS) is 17.2. The number of alkyl halides is 2. The Balaban J connectivity index is 3.44. The summed E-state index contributed by atoms with van der Waals surface area (Å²) < 4.78 is 1.70. The first-order valence-electron chi connectivity index (χ1n) is 3.18. The van der Waals surface area contributed by atoms with Crippen LogP contribution in [0.5, 0.6) is 0 Å². The summed E-state index contributed by atoms with van der Waals surface area (Å²) in [5, 5.41) is 0. The standard InChI is InChI=1S/C7H15IN/c1-4-6(3)7(9)8-5-2/h4,6-7H,1,5,9H2,2-3H3/q-1. The van der Waals surface area contributed by atoms with Gasteiger partial charge in [-0.2, -0.15) is 0 Å². The third kappa shape index (κ3) is 3.92. The Labute approximate surface area is 68.0 Å². The van der Waals surface area contributed by atoms with E-state index < -0.39 is 0 Å². The van der Waals surface area contributed by atoms with Crippen LogP contribution >= 0.6 is 0 Å². The average Bonchev–Trinajstić information content (AvgIpc) is 1.87. The summed E-state index contributed by atoms with van der Waals surface area (Å²) in [7, 11) is 0. The van der Waals surface area contributed by atoms with Crippen molar-refractivity contribution in [2.24, 2.45) is 11.7 Å². The molecule has 0 fully saturated rings. The molecule has 0 aliphatic rings. The minimum atomic E-state index is 0.225. The van der Waals surface area contributed by atoms with Crippen molar-refractivity contribution >= 4 is 0 Å². The predicted octanol–water partition coefficient (Wildman–Crippen LogP) is -1.80. The maximum atomic E-state index is 5.82. The molecule has 0 bridgehead atoms. The van der Waals surface area contributed by atoms with Crippen LogP contribution in [0, 0.1) is 5.92 Å². The Morgan fingerprint density at radius 3 is 2.67 bits per heavy atom. The van der Waals surface area contributed by atoms with E-state index in [-0.39, 0.29) is 21.2 Å². The van der Waals surface area contributed by atoms with Crippen molar-refractivity contribution in [1.29, 1.82) is 0 Å². The zero-order valence-corrected chi connectivity index (χ0v) is 8.26. The molecule has 9 heavy (non-hydrogen) atoms. The molecule has 0 aliphatic heterocycles. The molecule has 1 nitrogen and oxygen atoms in total. The molecule has 56 valence electrons. The molecule has 0 saturated heterocycles. The second-order valence-electron chi connectivity index (χ2n) is 1.96.